The van der Waals surface area contributed by atoms with Gasteiger partial charge in [0.05, 0.1) is 5.69 Å². The number of anilines is 2. The third-order valence-electron chi connectivity index (χ3n) is 3.58. The molecule has 116 valence electrons. The lowest BCUT2D eigenvalue weighted by Crippen LogP contribution is -2.14. The fourth-order valence-corrected chi connectivity index (χ4v) is 2.30. The van der Waals surface area contributed by atoms with E-state index in [2.05, 4.69) is 34.4 Å². The number of halogens is 1. The Bertz CT molecular complexity index is 653. The van der Waals surface area contributed by atoms with Crippen LogP contribution in [0, 0.1) is 5.82 Å². The van der Waals surface area contributed by atoms with Gasteiger partial charge in [0.25, 0.3) is 0 Å². The molecule has 1 aromatic heterocycles. The molecule has 5 heteroatoms. The van der Waals surface area contributed by atoms with Crippen molar-refractivity contribution < 1.29 is 4.39 Å². The highest BCUT2D eigenvalue weighted by Gasteiger charge is 2.26. The van der Waals surface area contributed by atoms with Crippen LogP contribution in [0.2, 0.25) is 0 Å². The van der Waals surface area contributed by atoms with E-state index in [0.29, 0.717) is 24.0 Å². The largest absolute Gasteiger partial charge is 0.366 e. The summed E-state index contributed by atoms with van der Waals surface area (Å²) in [5.74, 6) is 1.72. The second kappa shape index (κ2) is 6.30. The second-order valence-electron chi connectivity index (χ2n) is 6.02. The van der Waals surface area contributed by atoms with Crippen molar-refractivity contribution >= 4 is 11.8 Å². The van der Waals surface area contributed by atoms with Crippen molar-refractivity contribution in [1.29, 1.82) is 0 Å². The van der Waals surface area contributed by atoms with E-state index in [9.17, 15) is 4.39 Å². The first kappa shape index (κ1) is 14.8. The van der Waals surface area contributed by atoms with E-state index in [0.717, 1.165) is 11.5 Å². The van der Waals surface area contributed by atoms with Crippen molar-refractivity contribution in [2.24, 2.45) is 0 Å². The molecule has 0 spiro atoms. The predicted molar refractivity (Wildman–Crippen MR) is 86.5 cm³/mol. The number of aromatic nitrogens is 2. The number of benzene rings is 1. The Morgan fingerprint density at radius 1 is 1.23 bits per heavy atom. The SMILES string of the molecule is CC(C)Nc1nc(NCc2ccccc2F)cc(C2CC2)n1. The molecule has 1 heterocycles. The zero-order valence-corrected chi connectivity index (χ0v) is 12.9. The quantitative estimate of drug-likeness (QED) is 0.849. The smallest absolute Gasteiger partial charge is 0.225 e. The van der Waals surface area contributed by atoms with Crippen molar-refractivity contribution in [2.75, 3.05) is 10.6 Å². The van der Waals surface area contributed by atoms with Crippen LogP contribution in [-0.4, -0.2) is 16.0 Å². The van der Waals surface area contributed by atoms with Gasteiger partial charge in [-0.05, 0) is 32.8 Å². The van der Waals surface area contributed by atoms with Crippen molar-refractivity contribution in [2.45, 2.75) is 45.2 Å². The molecule has 1 fully saturated rings. The van der Waals surface area contributed by atoms with Gasteiger partial charge in [-0.25, -0.2) is 9.37 Å². The molecule has 0 aliphatic heterocycles. The van der Waals surface area contributed by atoms with Crippen LogP contribution in [0.4, 0.5) is 16.2 Å². The van der Waals surface area contributed by atoms with Gasteiger partial charge in [-0.15, -0.1) is 0 Å². The van der Waals surface area contributed by atoms with Gasteiger partial charge in [-0.2, -0.15) is 4.98 Å². The Morgan fingerprint density at radius 2 is 2.00 bits per heavy atom. The first-order valence-corrected chi connectivity index (χ1v) is 7.74. The lowest BCUT2D eigenvalue weighted by Gasteiger charge is -2.13. The summed E-state index contributed by atoms with van der Waals surface area (Å²) < 4.78 is 13.7. The Morgan fingerprint density at radius 3 is 2.68 bits per heavy atom. The summed E-state index contributed by atoms with van der Waals surface area (Å²) in [5, 5.41) is 6.45. The van der Waals surface area contributed by atoms with Crippen LogP contribution in [0.15, 0.2) is 30.3 Å². The Hall–Kier alpha value is -2.17. The lowest BCUT2D eigenvalue weighted by atomic mass is 10.2. The molecule has 22 heavy (non-hydrogen) atoms. The lowest BCUT2D eigenvalue weighted by molar-refractivity contribution is 0.613. The third-order valence-corrected chi connectivity index (χ3v) is 3.58. The molecule has 0 atom stereocenters. The topological polar surface area (TPSA) is 49.8 Å². The van der Waals surface area contributed by atoms with Crippen molar-refractivity contribution in [3.8, 4) is 0 Å². The molecular weight excluding hydrogens is 279 g/mol. The number of hydrogen-bond acceptors (Lipinski definition) is 4. The van der Waals surface area contributed by atoms with Crippen LogP contribution < -0.4 is 10.6 Å². The Kier molecular flexibility index (Phi) is 4.22. The maximum atomic E-state index is 13.7. The summed E-state index contributed by atoms with van der Waals surface area (Å²) in [7, 11) is 0. The van der Waals surface area contributed by atoms with Crippen LogP contribution in [0.5, 0.6) is 0 Å². The molecule has 1 saturated carbocycles. The van der Waals surface area contributed by atoms with E-state index < -0.39 is 0 Å². The number of hydrogen-bond donors (Lipinski definition) is 2. The molecule has 1 aromatic carbocycles. The summed E-state index contributed by atoms with van der Waals surface area (Å²) in [6.07, 6.45) is 2.37. The van der Waals surface area contributed by atoms with E-state index in [1.165, 1.54) is 18.9 Å². The normalized spacial score (nSPS) is 14.2. The monoisotopic (exact) mass is 300 g/mol. The minimum Gasteiger partial charge on any atom is -0.366 e. The molecule has 0 bridgehead atoms. The van der Waals surface area contributed by atoms with Crippen LogP contribution in [0.3, 0.4) is 0 Å². The Balaban J connectivity index is 1.77. The van der Waals surface area contributed by atoms with Gasteiger partial charge >= 0.3 is 0 Å². The summed E-state index contributed by atoms with van der Waals surface area (Å²) in [6, 6.07) is 9.02. The fraction of sp³-hybridized carbons (Fsp3) is 0.412. The van der Waals surface area contributed by atoms with Crippen molar-refractivity contribution in [1.82, 2.24) is 9.97 Å². The van der Waals surface area contributed by atoms with Gasteiger partial charge in [-0.3, -0.25) is 0 Å². The molecule has 2 N–H and O–H groups in total. The van der Waals surface area contributed by atoms with Crippen LogP contribution in [-0.2, 0) is 6.54 Å². The molecule has 0 unspecified atom stereocenters. The molecule has 1 aliphatic carbocycles. The van der Waals surface area contributed by atoms with Crippen LogP contribution >= 0.6 is 0 Å². The second-order valence-corrected chi connectivity index (χ2v) is 6.02. The molecular formula is C17H21FN4. The van der Waals surface area contributed by atoms with Gasteiger partial charge in [0, 0.05) is 30.1 Å². The minimum absolute atomic E-state index is 0.202. The molecule has 0 radical (unpaired) electrons. The highest BCUT2D eigenvalue weighted by molar-refractivity contribution is 5.45. The van der Waals surface area contributed by atoms with E-state index in [1.54, 1.807) is 12.1 Å². The fourth-order valence-electron chi connectivity index (χ4n) is 2.30. The zero-order valence-electron chi connectivity index (χ0n) is 12.9. The first-order valence-electron chi connectivity index (χ1n) is 7.74. The minimum atomic E-state index is -0.202. The Labute approximate surface area is 130 Å². The molecule has 3 rings (SSSR count). The standard InChI is InChI=1S/C17H21FN4/c1-11(2)20-17-21-15(12-7-8-12)9-16(22-17)19-10-13-5-3-4-6-14(13)18/h3-6,9,11-12H,7-8,10H2,1-2H3,(H2,19,20,21,22). The van der Waals surface area contributed by atoms with Crippen molar-refractivity contribution in [3.05, 3.63) is 47.4 Å². The van der Waals surface area contributed by atoms with E-state index >= 15 is 0 Å². The van der Waals surface area contributed by atoms with Gasteiger partial charge in [0.2, 0.25) is 5.95 Å². The molecule has 4 nitrogen and oxygen atoms in total. The number of rotatable bonds is 6. The van der Waals surface area contributed by atoms with E-state index in [4.69, 9.17) is 0 Å². The average molecular weight is 300 g/mol. The highest BCUT2D eigenvalue weighted by atomic mass is 19.1. The summed E-state index contributed by atoms with van der Waals surface area (Å²) in [6.45, 7) is 4.52. The molecule has 0 saturated heterocycles. The summed E-state index contributed by atoms with van der Waals surface area (Å²) in [4.78, 5) is 9.04. The zero-order chi connectivity index (χ0) is 15.5. The van der Waals surface area contributed by atoms with Gasteiger partial charge in [-0.1, -0.05) is 18.2 Å². The first-order chi connectivity index (χ1) is 10.6. The summed E-state index contributed by atoms with van der Waals surface area (Å²) >= 11 is 0. The third kappa shape index (κ3) is 3.72. The van der Waals surface area contributed by atoms with Crippen molar-refractivity contribution in [3.63, 3.8) is 0 Å². The van der Waals surface area contributed by atoms with Crippen LogP contribution in [0.25, 0.3) is 0 Å². The van der Waals surface area contributed by atoms with Gasteiger partial charge < -0.3 is 10.6 Å². The van der Waals surface area contributed by atoms with E-state index in [1.807, 2.05) is 12.1 Å². The number of nitrogens with zero attached hydrogens (tertiary/aromatic N) is 2. The van der Waals surface area contributed by atoms with Gasteiger partial charge in [0.15, 0.2) is 0 Å². The van der Waals surface area contributed by atoms with Crippen LogP contribution in [0.1, 0.15) is 43.9 Å². The van der Waals surface area contributed by atoms with Gasteiger partial charge in [0.1, 0.15) is 11.6 Å². The predicted octanol–water partition coefficient (Wildman–Crippen LogP) is 3.93. The van der Waals surface area contributed by atoms with E-state index in [-0.39, 0.29) is 11.9 Å². The molecule has 2 aromatic rings. The molecule has 0 amide bonds. The maximum absolute atomic E-state index is 13.7. The summed E-state index contributed by atoms with van der Waals surface area (Å²) in [5.41, 5.74) is 1.70. The average Bonchev–Trinajstić information content (AvgIpc) is 3.30. The number of nitrogens with one attached hydrogen (secondary N) is 2. The highest BCUT2D eigenvalue weighted by Crippen LogP contribution is 2.39. The molecule has 1 aliphatic rings. The maximum Gasteiger partial charge on any atom is 0.225 e.